The van der Waals surface area contributed by atoms with Crippen molar-refractivity contribution in [3.05, 3.63) is 41.5 Å². The molecule has 0 aliphatic carbocycles. The van der Waals surface area contributed by atoms with Crippen LogP contribution in [0.5, 0.6) is 0 Å². The van der Waals surface area contributed by atoms with Crippen molar-refractivity contribution in [3.63, 3.8) is 0 Å². The Morgan fingerprint density at radius 2 is 2.08 bits per heavy atom. The van der Waals surface area contributed by atoms with Crippen molar-refractivity contribution >= 4 is 5.91 Å². The van der Waals surface area contributed by atoms with E-state index in [1.54, 1.807) is 24.9 Å². The smallest absolute Gasteiger partial charge is 0.337 e. The zero-order chi connectivity index (χ0) is 18.2. The second-order valence-electron chi connectivity index (χ2n) is 6.20. The monoisotopic (exact) mass is 353 g/mol. The lowest BCUT2D eigenvalue weighted by atomic mass is 9.97. The molecular formula is C16H18F3N5O. The molecular weight excluding hydrogens is 335 g/mol. The highest BCUT2D eigenvalue weighted by Gasteiger charge is 2.36. The topological polar surface area (TPSA) is 63.9 Å². The molecule has 0 bridgehead atoms. The van der Waals surface area contributed by atoms with Crippen molar-refractivity contribution in [2.24, 2.45) is 7.05 Å². The second-order valence-corrected chi connectivity index (χ2v) is 6.20. The predicted octanol–water partition coefficient (Wildman–Crippen LogP) is 2.56. The molecule has 1 unspecified atom stereocenters. The molecule has 3 rings (SSSR count). The van der Waals surface area contributed by atoms with Crippen LogP contribution >= 0.6 is 0 Å². The van der Waals surface area contributed by atoms with Crippen LogP contribution in [0.2, 0.25) is 0 Å². The summed E-state index contributed by atoms with van der Waals surface area (Å²) in [4.78, 5) is 26.0. The SMILES string of the molecule is Cc1ccnc(C(=O)N2CCCC(c3nc(C(F)(F)F)cn3C)C2)n1. The summed E-state index contributed by atoms with van der Waals surface area (Å²) < 4.78 is 40.0. The minimum absolute atomic E-state index is 0.108. The van der Waals surface area contributed by atoms with Gasteiger partial charge in [-0.15, -0.1) is 0 Å². The number of amides is 1. The molecule has 1 aliphatic heterocycles. The summed E-state index contributed by atoms with van der Waals surface area (Å²) in [5, 5.41) is 0. The molecule has 134 valence electrons. The molecule has 25 heavy (non-hydrogen) atoms. The molecule has 1 saturated heterocycles. The summed E-state index contributed by atoms with van der Waals surface area (Å²) in [6, 6.07) is 1.70. The van der Waals surface area contributed by atoms with Gasteiger partial charge in [-0.1, -0.05) is 0 Å². The van der Waals surface area contributed by atoms with Crippen LogP contribution in [0.15, 0.2) is 18.5 Å². The van der Waals surface area contributed by atoms with Crippen molar-refractivity contribution < 1.29 is 18.0 Å². The van der Waals surface area contributed by atoms with E-state index in [0.717, 1.165) is 6.20 Å². The number of nitrogens with zero attached hydrogens (tertiary/aromatic N) is 5. The fourth-order valence-corrected chi connectivity index (χ4v) is 3.06. The number of hydrogen-bond acceptors (Lipinski definition) is 4. The Hall–Kier alpha value is -2.45. The number of aromatic nitrogens is 4. The van der Waals surface area contributed by atoms with E-state index in [2.05, 4.69) is 15.0 Å². The van der Waals surface area contributed by atoms with E-state index in [1.165, 1.54) is 10.8 Å². The highest BCUT2D eigenvalue weighted by molar-refractivity contribution is 5.90. The average Bonchev–Trinajstić information content (AvgIpc) is 2.96. The number of halogens is 3. The lowest BCUT2D eigenvalue weighted by molar-refractivity contribution is -0.141. The number of piperidine rings is 1. The van der Waals surface area contributed by atoms with E-state index in [1.807, 2.05) is 0 Å². The maximum Gasteiger partial charge on any atom is 0.434 e. The Morgan fingerprint density at radius 1 is 1.32 bits per heavy atom. The lowest BCUT2D eigenvalue weighted by Crippen LogP contribution is -2.40. The van der Waals surface area contributed by atoms with Crippen LogP contribution in [-0.4, -0.2) is 43.4 Å². The first-order valence-corrected chi connectivity index (χ1v) is 7.95. The first-order chi connectivity index (χ1) is 11.8. The molecule has 0 aromatic carbocycles. The molecule has 0 N–H and O–H groups in total. The van der Waals surface area contributed by atoms with Crippen LogP contribution < -0.4 is 0 Å². The average molecular weight is 353 g/mol. The minimum Gasteiger partial charge on any atom is -0.337 e. The summed E-state index contributed by atoms with van der Waals surface area (Å²) in [7, 11) is 1.54. The van der Waals surface area contributed by atoms with Crippen molar-refractivity contribution in [1.29, 1.82) is 0 Å². The third-order valence-corrected chi connectivity index (χ3v) is 4.26. The molecule has 1 aliphatic rings. The Morgan fingerprint density at radius 3 is 2.72 bits per heavy atom. The molecule has 3 heterocycles. The van der Waals surface area contributed by atoms with Gasteiger partial charge >= 0.3 is 6.18 Å². The normalized spacial score (nSPS) is 18.4. The molecule has 0 radical (unpaired) electrons. The molecule has 1 atom stereocenters. The standard InChI is InChI=1S/C16H18F3N5O/c1-10-5-6-20-13(21-10)15(25)24-7-3-4-11(8-24)14-22-12(9-23(14)2)16(17,18)19/h5-6,9,11H,3-4,7-8H2,1-2H3. The van der Waals surface area contributed by atoms with Gasteiger partial charge in [-0.05, 0) is 25.8 Å². The second kappa shape index (κ2) is 6.45. The summed E-state index contributed by atoms with van der Waals surface area (Å²) in [6.45, 7) is 2.60. The van der Waals surface area contributed by atoms with Gasteiger partial charge in [0, 0.05) is 44.1 Å². The zero-order valence-corrected chi connectivity index (χ0v) is 13.9. The third-order valence-electron chi connectivity index (χ3n) is 4.26. The Balaban J connectivity index is 1.80. The first-order valence-electron chi connectivity index (χ1n) is 7.95. The number of imidazole rings is 1. The first kappa shape index (κ1) is 17.4. The zero-order valence-electron chi connectivity index (χ0n) is 13.9. The van der Waals surface area contributed by atoms with Crippen molar-refractivity contribution in [2.45, 2.75) is 31.9 Å². The molecule has 0 spiro atoms. The number of carbonyl (C=O) groups excluding carboxylic acids is 1. The molecule has 1 fully saturated rings. The van der Waals surface area contributed by atoms with Crippen LogP contribution in [0.25, 0.3) is 0 Å². The van der Waals surface area contributed by atoms with E-state index in [-0.39, 0.29) is 17.6 Å². The van der Waals surface area contributed by atoms with Crippen LogP contribution in [0.3, 0.4) is 0 Å². The highest BCUT2D eigenvalue weighted by atomic mass is 19.4. The van der Waals surface area contributed by atoms with E-state index >= 15 is 0 Å². The number of likely N-dealkylation sites (tertiary alicyclic amines) is 1. The van der Waals surface area contributed by atoms with Gasteiger partial charge in [0.25, 0.3) is 5.91 Å². The van der Waals surface area contributed by atoms with E-state index < -0.39 is 11.9 Å². The summed E-state index contributed by atoms with van der Waals surface area (Å²) >= 11 is 0. The highest BCUT2D eigenvalue weighted by Crippen LogP contribution is 2.32. The maximum atomic E-state index is 12.9. The van der Waals surface area contributed by atoms with E-state index in [9.17, 15) is 18.0 Å². The summed E-state index contributed by atoms with van der Waals surface area (Å²) in [6.07, 6.45) is -0.599. The van der Waals surface area contributed by atoms with Gasteiger partial charge in [-0.25, -0.2) is 15.0 Å². The van der Waals surface area contributed by atoms with Gasteiger partial charge in [0.05, 0.1) is 0 Å². The van der Waals surface area contributed by atoms with Gasteiger partial charge in [0.2, 0.25) is 5.82 Å². The van der Waals surface area contributed by atoms with Crippen molar-refractivity contribution in [2.75, 3.05) is 13.1 Å². The van der Waals surface area contributed by atoms with E-state index in [0.29, 0.717) is 37.4 Å². The van der Waals surface area contributed by atoms with Crippen molar-refractivity contribution in [3.8, 4) is 0 Å². The van der Waals surface area contributed by atoms with E-state index in [4.69, 9.17) is 0 Å². The van der Waals surface area contributed by atoms with Gasteiger partial charge < -0.3 is 9.47 Å². The molecule has 9 heteroatoms. The van der Waals surface area contributed by atoms with Gasteiger partial charge in [0.1, 0.15) is 5.82 Å². The number of carbonyl (C=O) groups is 1. The van der Waals surface area contributed by atoms with Gasteiger partial charge in [-0.3, -0.25) is 4.79 Å². The number of rotatable bonds is 2. The van der Waals surface area contributed by atoms with Crippen LogP contribution in [0.4, 0.5) is 13.2 Å². The molecule has 1 amide bonds. The lowest BCUT2D eigenvalue weighted by Gasteiger charge is -2.32. The Kier molecular flexibility index (Phi) is 4.49. The molecule has 6 nitrogen and oxygen atoms in total. The fourth-order valence-electron chi connectivity index (χ4n) is 3.06. The Bertz CT molecular complexity index is 786. The maximum absolute atomic E-state index is 12.9. The van der Waals surface area contributed by atoms with Crippen LogP contribution in [0.1, 0.15) is 46.6 Å². The van der Waals surface area contributed by atoms with Gasteiger partial charge in [-0.2, -0.15) is 13.2 Å². The molecule has 2 aromatic heterocycles. The quantitative estimate of drug-likeness (QED) is 0.832. The molecule has 0 saturated carbocycles. The largest absolute Gasteiger partial charge is 0.434 e. The summed E-state index contributed by atoms with van der Waals surface area (Å²) in [5.41, 5.74) is -0.221. The van der Waals surface area contributed by atoms with Gasteiger partial charge in [0.15, 0.2) is 5.69 Å². The Labute approximate surface area is 142 Å². The number of alkyl halides is 3. The fraction of sp³-hybridized carbons (Fsp3) is 0.500. The number of aryl methyl sites for hydroxylation is 2. The van der Waals surface area contributed by atoms with Crippen molar-refractivity contribution in [1.82, 2.24) is 24.4 Å². The molecule has 2 aromatic rings. The summed E-state index contributed by atoms with van der Waals surface area (Å²) in [5.74, 6) is -0.103. The number of hydrogen-bond donors (Lipinski definition) is 0. The minimum atomic E-state index is -4.48. The third kappa shape index (κ3) is 3.64. The van der Waals surface area contributed by atoms with Crippen LogP contribution in [0, 0.1) is 6.92 Å². The predicted molar refractivity (Wildman–Crippen MR) is 82.9 cm³/mol. The van der Waals surface area contributed by atoms with Crippen LogP contribution in [-0.2, 0) is 13.2 Å².